The average molecular weight is 265 g/mol. The molecule has 1 unspecified atom stereocenters. The third-order valence-electron chi connectivity index (χ3n) is 2.12. The predicted octanol–water partition coefficient (Wildman–Crippen LogP) is 0.939. The van der Waals surface area contributed by atoms with Crippen LogP contribution < -0.4 is 4.90 Å². The molecule has 1 atom stereocenters. The molecule has 0 fully saturated rings. The molecule has 0 saturated heterocycles. The van der Waals surface area contributed by atoms with E-state index in [4.69, 9.17) is 4.74 Å². The van der Waals surface area contributed by atoms with Crippen LogP contribution in [0.3, 0.4) is 0 Å². The maximum Gasteiger partial charge on any atom is 0.433 e. The Kier molecular flexibility index (Phi) is 4.85. The third kappa shape index (κ3) is 4.11. The van der Waals surface area contributed by atoms with Gasteiger partial charge in [0.15, 0.2) is 0 Å². The second-order valence-corrected chi connectivity index (χ2v) is 3.73. The van der Waals surface area contributed by atoms with Crippen molar-refractivity contribution in [3.8, 4) is 0 Å². The van der Waals surface area contributed by atoms with E-state index in [1.165, 1.54) is 19.1 Å². The highest BCUT2D eigenvalue weighted by molar-refractivity contribution is 5.29. The number of aliphatic hydroxyl groups excluding tert-OH is 1. The molecule has 1 heterocycles. The summed E-state index contributed by atoms with van der Waals surface area (Å²) in [5.74, 6) is -0.0972. The lowest BCUT2D eigenvalue weighted by Crippen LogP contribution is -2.33. The SMILES string of the molecule is COCC(O)CN(C)c1nccc(C(F)(F)F)n1. The number of halogens is 3. The van der Waals surface area contributed by atoms with Gasteiger partial charge in [-0.2, -0.15) is 13.2 Å². The average Bonchev–Trinajstić information content (AvgIpc) is 2.28. The fraction of sp³-hybridized carbons (Fsp3) is 0.600. The van der Waals surface area contributed by atoms with Crippen molar-refractivity contribution in [3.63, 3.8) is 0 Å². The minimum Gasteiger partial charge on any atom is -0.389 e. The first-order valence-corrected chi connectivity index (χ1v) is 5.13. The van der Waals surface area contributed by atoms with Crippen LogP contribution in [0, 0.1) is 0 Å². The Hall–Kier alpha value is -1.41. The van der Waals surface area contributed by atoms with E-state index in [0.717, 1.165) is 12.3 Å². The van der Waals surface area contributed by atoms with Gasteiger partial charge in [0, 0.05) is 26.9 Å². The normalized spacial score (nSPS) is 13.4. The van der Waals surface area contributed by atoms with E-state index in [1.807, 2.05) is 0 Å². The molecule has 0 bridgehead atoms. The van der Waals surface area contributed by atoms with Gasteiger partial charge in [-0.1, -0.05) is 0 Å². The monoisotopic (exact) mass is 265 g/mol. The summed E-state index contributed by atoms with van der Waals surface area (Å²) >= 11 is 0. The standard InChI is InChI=1S/C10H14F3N3O2/c1-16(5-7(17)6-18-2)9-14-4-3-8(15-9)10(11,12)13/h3-4,7,17H,5-6H2,1-2H3. The van der Waals surface area contributed by atoms with Crippen LogP contribution in [0.1, 0.15) is 5.69 Å². The smallest absolute Gasteiger partial charge is 0.389 e. The molecule has 0 aliphatic heterocycles. The minimum atomic E-state index is -4.51. The van der Waals surface area contributed by atoms with Crippen molar-refractivity contribution in [3.05, 3.63) is 18.0 Å². The molecule has 0 radical (unpaired) electrons. The fourth-order valence-corrected chi connectivity index (χ4v) is 1.33. The Bertz CT molecular complexity index is 387. The van der Waals surface area contributed by atoms with Crippen LogP contribution >= 0.6 is 0 Å². The van der Waals surface area contributed by atoms with E-state index >= 15 is 0 Å². The van der Waals surface area contributed by atoms with Gasteiger partial charge in [-0.3, -0.25) is 0 Å². The van der Waals surface area contributed by atoms with Crippen LogP contribution in [0.2, 0.25) is 0 Å². The Morgan fingerprint density at radius 2 is 2.17 bits per heavy atom. The largest absolute Gasteiger partial charge is 0.433 e. The zero-order valence-electron chi connectivity index (χ0n) is 9.98. The van der Waals surface area contributed by atoms with Gasteiger partial charge >= 0.3 is 6.18 Å². The first kappa shape index (κ1) is 14.7. The second-order valence-electron chi connectivity index (χ2n) is 3.73. The first-order chi connectivity index (χ1) is 8.34. The third-order valence-corrected chi connectivity index (χ3v) is 2.12. The minimum absolute atomic E-state index is 0.0785. The van der Waals surface area contributed by atoms with Gasteiger partial charge in [-0.05, 0) is 6.07 Å². The quantitative estimate of drug-likeness (QED) is 0.858. The lowest BCUT2D eigenvalue weighted by Gasteiger charge is -2.20. The van der Waals surface area contributed by atoms with Crippen LogP contribution in [0.5, 0.6) is 0 Å². The number of likely N-dealkylation sites (N-methyl/N-ethyl adjacent to an activating group) is 1. The molecule has 0 aliphatic rings. The highest BCUT2D eigenvalue weighted by atomic mass is 19.4. The Balaban J connectivity index is 2.77. The fourth-order valence-electron chi connectivity index (χ4n) is 1.33. The number of hydrogen-bond acceptors (Lipinski definition) is 5. The molecule has 18 heavy (non-hydrogen) atoms. The Labute approximate surface area is 102 Å². The summed E-state index contributed by atoms with van der Waals surface area (Å²) in [5, 5.41) is 9.47. The maximum atomic E-state index is 12.4. The number of rotatable bonds is 5. The predicted molar refractivity (Wildman–Crippen MR) is 58.2 cm³/mol. The number of ether oxygens (including phenoxy) is 1. The number of anilines is 1. The van der Waals surface area contributed by atoms with Gasteiger partial charge in [-0.25, -0.2) is 9.97 Å². The summed E-state index contributed by atoms with van der Waals surface area (Å²) in [4.78, 5) is 8.46. The van der Waals surface area contributed by atoms with Crippen molar-refractivity contribution in [1.82, 2.24) is 9.97 Å². The van der Waals surface area contributed by atoms with Crippen molar-refractivity contribution in [2.45, 2.75) is 12.3 Å². The molecular formula is C10H14F3N3O2. The summed E-state index contributed by atoms with van der Waals surface area (Å²) in [5.41, 5.74) is -1.01. The highest BCUT2D eigenvalue weighted by Crippen LogP contribution is 2.27. The lowest BCUT2D eigenvalue weighted by atomic mass is 10.3. The van der Waals surface area contributed by atoms with Gasteiger partial charge < -0.3 is 14.7 Å². The molecular weight excluding hydrogens is 251 g/mol. The van der Waals surface area contributed by atoms with Crippen LogP contribution in [-0.4, -0.2) is 48.5 Å². The van der Waals surface area contributed by atoms with Gasteiger partial charge in [0.1, 0.15) is 5.69 Å². The topological polar surface area (TPSA) is 58.5 Å². The molecule has 0 aliphatic carbocycles. The van der Waals surface area contributed by atoms with Crippen molar-refractivity contribution >= 4 is 5.95 Å². The summed E-state index contributed by atoms with van der Waals surface area (Å²) in [6, 6.07) is 0.795. The van der Waals surface area contributed by atoms with Crippen molar-refractivity contribution in [2.75, 3.05) is 32.2 Å². The van der Waals surface area contributed by atoms with Crippen LogP contribution in [0.15, 0.2) is 12.3 Å². The first-order valence-electron chi connectivity index (χ1n) is 5.13. The molecule has 0 amide bonds. The maximum absolute atomic E-state index is 12.4. The van der Waals surface area contributed by atoms with E-state index < -0.39 is 18.0 Å². The number of alkyl halides is 3. The summed E-state index contributed by atoms with van der Waals surface area (Å²) in [6.07, 6.45) is -4.30. The highest BCUT2D eigenvalue weighted by Gasteiger charge is 2.33. The number of hydrogen-bond donors (Lipinski definition) is 1. The molecule has 102 valence electrons. The summed E-state index contributed by atoms with van der Waals surface area (Å²) < 4.78 is 42.0. The van der Waals surface area contributed by atoms with Crippen LogP contribution in [0.25, 0.3) is 0 Å². The lowest BCUT2D eigenvalue weighted by molar-refractivity contribution is -0.141. The zero-order valence-corrected chi connectivity index (χ0v) is 9.98. The number of methoxy groups -OCH3 is 1. The van der Waals surface area contributed by atoms with Crippen molar-refractivity contribution in [1.29, 1.82) is 0 Å². The Morgan fingerprint density at radius 3 is 2.72 bits per heavy atom. The molecule has 1 aromatic rings. The van der Waals surface area contributed by atoms with Gasteiger partial charge in [0.25, 0.3) is 0 Å². The molecule has 1 aromatic heterocycles. The number of aromatic nitrogens is 2. The van der Waals surface area contributed by atoms with Gasteiger partial charge in [-0.15, -0.1) is 0 Å². The van der Waals surface area contributed by atoms with Crippen molar-refractivity contribution < 1.29 is 23.0 Å². The van der Waals surface area contributed by atoms with E-state index in [1.54, 1.807) is 0 Å². The van der Waals surface area contributed by atoms with Crippen molar-refractivity contribution in [2.24, 2.45) is 0 Å². The van der Waals surface area contributed by atoms with Crippen LogP contribution in [-0.2, 0) is 10.9 Å². The number of aliphatic hydroxyl groups is 1. The summed E-state index contributed by atoms with van der Waals surface area (Å²) in [7, 11) is 2.92. The molecule has 1 rings (SSSR count). The van der Waals surface area contributed by atoms with Crippen LogP contribution in [0.4, 0.5) is 19.1 Å². The second kappa shape index (κ2) is 5.96. The van der Waals surface area contributed by atoms with Gasteiger partial charge in [0.2, 0.25) is 5.95 Å². The molecule has 0 saturated carbocycles. The van der Waals surface area contributed by atoms with E-state index in [-0.39, 0.29) is 19.1 Å². The van der Waals surface area contributed by atoms with E-state index in [9.17, 15) is 18.3 Å². The molecule has 8 heteroatoms. The van der Waals surface area contributed by atoms with Gasteiger partial charge in [0.05, 0.1) is 12.7 Å². The molecule has 0 spiro atoms. The molecule has 5 nitrogen and oxygen atoms in total. The van der Waals surface area contributed by atoms with E-state index in [2.05, 4.69) is 9.97 Å². The van der Waals surface area contributed by atoms with E-state index in [0.29, 0.717) is 0 Å². The zero-order chi connectivity index (χ0) is 13.8. The Morgan fingerprint density at radius 1 is 1.50 bits per heavy atom. The molecule has 0 aromatic carbocycles. The summed E-state index contributed by atoms with van der Waals surface area (Å²) in [6.45, 7) is 0.165. The molecule has 1 N–H and O–H groups in total. The number of nitrogens with zero attached hydrogens (tertiary/aromatic N) is 3.